The van der Waals surface area contributed by atoms with Crippen LogP contribution < -0.4 is 0 Å². The van der Waals surface area contributed by atoms with Gasteiger partial charge in [-0.15, -0.1) is 11.3 Å². The Morgan fingerprint density at radius 1 is 1.04 bits per heavy atom. The van der Waals surface area contributed by atoms with Gasteiger partial charge in [0.05, 0.1) is 0 Å². The van der Waals surface area contributed by atoms with Gasteiger partial charge in [0.2, 0.25) is 0 Å². The van der Waals surface area contributed by atoms with E-state index >= 15 is 0 Å². The van der Waals surface area contributed by atoms with E-state index in [2.05, 4.69) is 14.9 Å². The largest absolute Gasteiger partial charge is 0.337 e. The molecule has 0 saturated carbocycles. The monoisotopic (exact) mass is 356 g/mol. The summed E-state index contributed by atoms with van der Waals surface area (Å²) in [6, 6.07) is 4.51. The van der Waals surface area contributed by atoms with Crippen LogP contribution in [0, 0.1) is 0 Å². The third kappa shape index (κ3) is 3.75. The van der Waals surface area contributed by atoms with E-state index in [0.29, 0.717) is 11.7 Å². The maximum absolute atomic E-state index is 12.8. The van der Waals surface area contributed by atoms with Crippen molar-refractivity contribution in [1.29, 1.82) is 0 Å². The maximum Gasteiger partial charge on any atom is 0.273 e. The van der Waals surface area contributed by atoms with Crippen molar-refractivity contribution < 1.29 is 4.79 Å². The Morgan fingerprint density at radius 3 is 2.48 bits per heavy atom. The minimum absolute atomic E-state index is 0.0775. The molecule has 132 valence electrons. The van der Waals surface area contributed by atoms with Crippen LogP contribution in [0.2, 0.25) is 0 Å². The molecule has 25 heavy (non-hydrogen) atoms. The summed E-state index contributed by atoms with van der Waals surface area (Å²) < 4.78 is 0. The second-order valence-electron chi connectivity index (χ2n) is 6.89. The lowest BCUT2D eigenvalue weighted by Gasteiger charge is -2.40. The number of carbonyl (C=O) groups excluding carboxylic acids is 1. The number of likely N-dealkylation sites (tertiary alicyclic amines) is 2. The van der Waals surface area contributed by atoms with Crippen molar-refractivity contribution in [3.8, 4) is 10.6 Å². The number of aromatic nitrogens is 2. The van der Waals surface area contributed by atoms with Gasteiger partial charge in [0.1, 0.15) is 10.7 Å². The van der Waals surface area contributed by atoms with Crippen LogP contribution in [0.3, 0.4) is 0 Å². The van der Waals surface area contributed by atoms with Gasteiger partial charge in [0.15, 0.2) is 0 Å². The van der Waals surface area contributed by atoms with Crippen LogP contribution in [0.5, 0.6) is 0 Å². The first-order valence-corrected chi connectivity index (χ1v) is 10.1. The molecular weight excluding hydrogens is 332 g/mol. The van der Waals surface area contributed by atoms with Gasteiger partial charge in [0, 0.05) is 42.5 Å². The zero-order valence-corrected chi connectivity index (χ0v) is 15.2. The summed E-state index contributed by atoms with van der Waals surface area (Å²) >= 11 is 1.52. The normalized spacial score (nSPS) is 19.9. The summed E-state index contributed by atoms with van der Waals surface area (Å²) in [7, 11) is 0. The quantitative estimate of drug-likeness (QED) is 0.847. The lowest BCUT2D eigenvalue weighted by Crippen LogP contribution is -2.48. The summed E-state index contributed by atoms with van der Waals surface area (Å²) in [6.07, 6.45) is 9.72. The van der Waals surface area contributed by atoms with Gasteiger partial charge in [-0.25, -0.2) is 4.98 Å². The van der Waals surface area contributed by atoms with E-state index in [1.807, 2.05) is 22.4 Å². The molecule has 0 radical (unpaired) electrons. The molecule has 0 aliphatic carbocycles. The number of pyridine rings is 1. The predicted octanol–water partition coefficient (Wildman–Crippen LogP) is 3.30. The van der Waals surface area contributed by atoms with E-state index < -0.39 is 0 Å². The third-order valence-corrected chi connectivity index (χ3v) is 6.20. The Hall–Kier alpha value is -1.79. The smallest absolute Gasteiger partial charge is 0.273 e. The van der Waals surface area contributed by atoms with Crippen LogP contribution in [0.15, 0.2) is 29.9 Å². The van der Waals surface area contributed by atoms with E-state index in [1.165, 1.54) is 43.7 Å². The van der Waals surface area contributed by atoms with Gasteiger partial charge in [-0.1, -0.05) is 6.42 Å². The molecule has 2 aromatic rings. The van der Waals surface area contributed by atoms with Crippen LogP contribution in [0.1, 0.15) is 42.6 Å². The molecule has 4 heterocycles. The third-order valence-electron chi connectivity index (χ3n) is 5.31. The molecule has 2 aliphatic rings. The van der Waals surface area contributed by atoms with E-state index in [4.69, 9.17) is 0 Å². The zero-order valence-electron chi connectivity index (χ0n) is 14.4. The summed E-state index contributed by atoms with van der Waals surface area (Å²) in [4.78, 5) is 26.0. The highest BCUT2D eigenvalue weighted by atomic mass is 32.1. The Balaban J connectivity index is 1.37. The molecule has 0 atom stereocenters. The Kier molecular flexibility index (Phi) is 5.08. The van der Waals surface area contributed by atoms with Gasteiger partial charge in [-0.3, -0.25) is 9.78 Å². The van der Waals surface area contributed by atoms with Crippen molar-refractivity contribution in [3.63, 3.8) is 0 Å². The number of nitrogens with zero attached hydrogens (tertiary/aromatic N) is 4. The molecule has 4 rings (SSSR count). The number of thiazole rings is 1. The molecular formula is C19H24N4OS. The highest BCUT2D eigenvalue weighted by Crippen LogP contribution is 2.25. The van der Waals surface area contributed by atoms with Gasteiger partial charge in [0.25, 0.3) is 5.91 Å². The van der Waals surface area contributed by atoms with Gasteiger partial charge >= 0.3 is 0 Å². The molecule has 0 N–H and O–H groups in total. The van der Waals surface area contributed by atoms with E-state index in [-0.39, 0.29) is 5.91 Å². The van der Waals surface area contributed by atoms with Crippen molar-refractivity contribution in [2.45, 2.75) is 38.1 Å². The number of rotatable bonds is 3. The van der Waals surface area contributed by atoms with Crippen molar-refractivity contribution in [2.24, 2.45) is 0 Å². The SMILES string of the molecule is O=C(c1csc(-c2ccncc2)n1)N1CCC(N2CCCCC2)CC1. The lowest BCUT2D eigenvalue weighted by atomic mass is 10.00. The van der Waals surface area contributed by atoms with Crippen LogP contribution >= 0.6 is 11.3 Å². The topological polar surface area (TPSA) is 49.3 Å². The number of hydrogen-bond acceptors (Lipinski definition) is 5. The van der Waals surface area contributed by atoms with E-state index in [0.717, 1.165) is 36.5 Å². The first-order chi connectivity index (χ1) is 12.3. The Morgan fingerprint density at radius 2 is 1.76 bits per heavy atom. The average molecular weight is 356 g/mol. The van der Waals surface area contributed by atoms with Crippen LogP contribution in [-0.2, 0) is 0 Å². The molecule has 2 aliphatic heterocycles. The number of hydrogen-bond donors (Lipinski definition) is 0. The standard InChI is InChI=1S/C19H24N4OS/c24-19(17-14-25-18(21-17)15-4-8-20-9-5-15)23-12-6-16(7-13-23)22-10-2-1-3-11-22/h4-5,8-9,14,16H,1-3,6-7,10-13H2. The van der Waals surface area contributed by atoms with Crippen molar-refractivity contribution >= 4 is 17.2 Å². The second-order valence-corrected chi connectivity index (χ2v) is 7.75. The summed E-state index contributed by atoms with van der Waals surface area (Å²) in [6.45, 7) is 4.17. The average Bonchev–Trinajstić information content (AvgIpc) is 3.19. The summed E-state index contributed by atoms with van der Waals surface area (Å²) in [5.41, 5.74) is 1.59. The van der Waals surface area contributed by atoms with E-state index in [9.17, 15) is 4.79 Å². The summed E-state index contributed by atoms with van der Waals surface area (Å²) in [5.74, 6) is 0.0775. The highest BCUT2D eigenvalue weighted by Gasteiger charge is 2.28. The minimum Gasteiger partial charge on any atom is -0.337 e. The molecule has 2 aromatic heterocycles. The van der Waals surface area contributed by atoms with Crippen LogP contribution in [0.4, 0.5) is 0 Å². The molecule has 0 unspecified atom stereocenters. The fourth-order valence-corrected chi connectivity index (χ4v) is 4.68. The van der Waals surface area contributed by atoms with Gasteiger partial charge in [-0.05, 0) is 50.9 Å². The zero-order chi connectivity index (χ0) is 17.1. The molecule has 0 bridgehead atoms. The van der Waals surface area contributed by atoms with Crippen LogP contribution in [0.25, 0.3) is 10.6 Å². The molecule has 5 nitrogen and oxygen atoms in total. The first kappa shape index (κ1) is 16.7. The predicted molar refractivity (Wildman–Crippen MR) is 99.7 cm³/mol. The number of piperidine rings is 2. The molecule has 2 fully saturated rings. The van der Waals surface area contributed by atoms with E-state index in [1.54, 1.807) is 12.4 Å². The summed E-state index contributed by atoms with van der Waals surface area (Å²) in [5, 5.41) is 2.77. The molecule has 6 heteroatoms. The minimum atomic E-state index is 0.0775. The van der Waals surface area contributed by atoms with Gasteiger partial charge in [-0.2, -0.15) is 0 Å². The lowest BCUT2D eigenvalue weighted by molar-refractivity contribution is 0.0585. The number of amides is 1. The highest BCUT2D eigenvalue weighted by molar-refractivity contribution is 7.13. The number of carbonyl (C=O) groups is 1. The first-order valence-electron chi connectivity index (χ1n) is 9.20. The maximum atomic E-state index is 12.8. The molecule has 2 saturated heterocycles. The van der Waals surface area contributed by atoms with Crippen LogP contribution in [-0.4, -0.2) is 57.9 Å². The van der Waals surface area contributed by atoms with Crippen molar-refractivity contribution in [3.05, 3.63) is 35.6 Å². The molecule has 1 amide bonds. The fraction of sp³-hybridized carbons (Fsp3) is 0.526. The Labute approximate surface area is 152 Å². The van der Waals surface area contributed by atoms with Crippen molar-refractivity contribution in [1.82, 2.24) is 19.8 Å². The van der Waals surface area contributed by atoms with Gasteiger partial charge < -0.3 is 9.80 Å². The Bertz CT molecular complexity index is 703. The molecule has 0 aromatic carbocycles. The second kappa shape index (κ2) is 7.62. The van der Waals surface area contributed by atoms with Crippen molar-refractivity contribution in [2.75, 3.05) is 26.2 Å². The molecule has 0 spiro atoms. The fourth-order valence-electron chi connectivity index (χ4n) is 3.88.